The van der Waals surface area contributed by atoms with Gasteiger partial charge < -0.3 is 15.2 Å². The highest BCUT2D eigenvalue weighted by molar-refractivity contribution is 5.89. The molecular formula is C15H23NO3. The Bertz CT molecular complexity index is 387. The molecule has 106 valence electrons. The van der Waals surface area contributed by atoms with Crippen LogP contribution in [0.5, 0.6) is 0 Å². The predicted molar refractivity (Wildman–Crippen MR) is 75.0 cm³/mol. The van der Waals surface area contributed by atoms with Crippen LogP contribution < -0.4 is 5.32 Å². The zero-order valence-electron chi connectivity index (χ0n) is 11.8. The van der Waals surface area contributed by atoms with Gasteiger partial charge in [-0.3, -0.25) is 0 Å². The summed E-state index contributed by atoms with van der Waals surface area (Å²) in [4.78, 5) is 11.3. The number of ether oxygens (including phenoxy) is 1. The van der Waals surface area contributed by atoms with Crippen LogP contribution >= 0.6 is 0 Å². The fraction of sp³-hybridized carbons (Fsp3) is 0.533. The van der Waals surface area contributed by atoms with Crippen LogP contribution in [0, 0.1) is 5.92 Å². The Hall–Kier alpha value is -1.39. The first-order chi connectivity index (χ1) is 9.02. The maximum Gasteiger partial charge on any atom is 0.337 e. The Morgan fingerprint density at radius 1 is 1.32 bits per heavy atom. The highest BCUT2D eigenvalue weighted by Gasteiger charge is 2.07. The third-order valence-corrected chi connectivity index (χ3v) is 2.83. The zero-order chi connectivity index (χ0) is 14.3. The summed E-state index contributed by atoms with van der Waals surface area (Å²) >= 11 is 0. The normalized spacial score (nSPS) is 12.5. The molecule has 0 amide bonds. The first-order valence-corrected chi connectivity index (χ1v) is 6.59. The molecule has 4 heteroatoms. The van der Waals surface area contributed by atoms with Crippen molar-refractivity contribution in [3.05, 3.63) is 35.4 Å². The van der Waals surface area contributed by atoms with E-state index in [1.54, 1.807) is 12.1 Å². The summed E-state index contributed by atoms with van der Waals surface area (Å²) in [6.07, 6.45) is 0.489. The maximum absolute atomic E-state index is 11.3. The molecule has 0 radical (unpaired) electrons. The number of methoxy groups -OCH3 is 1. The molecule has 0 spiro atoms. The van der Waals surface area contributed by atoms with E-state index in [-0.39, 0.29) is 12.1 Å². The summed E-state index contributed by atoms with van der Waals surface area (Å²) in [5.74, 6) is 0.169. The van der Waals surface area contributed by atoms with Crippen molar-refractivity contribution in [1.29, 1.82) is 0 Å². The van der Waals surface area contributed by atoms with Crippen LogP contribution in [-0.2, 0) is 11.3 Å². The Morgan fingerprint density at radius 2 is 1.95 bits per heavy atom. The molecule has 0 bridgehead atoms. The number of nitrogens with one attached hydrogen (secondary N) is 1. The van der Waals surface area contributed by atoms with Gasteiger partial charge in [0.1, 0.15) is 0 Å². The Kier molecular flexibility index (Phi) is 6.53. The molecule has 2 N–H and O–H groups in total. The number of hydrogen-bond acceptors (Lipinski definition) is 4. The molecule has 0 aromatic heterocycles. The molecule has 1 aromatic carbocycles. The fourth-order valence-corrected chi connectivity index (χ4v) is 1.89. The van der Waals surface area contributed by atoms with Gasteiger partial charge in [-0.1, -0.05) is 26.0 Å². The number of aliphatic hydroxyl groups excluding tert-OH is 1. The third kappa shape index (κ3) is 5.85. The lowest BCUT2D eigenvalue weighted by Crippen LogP contribution is -2.27. The monoisotopic (exact) mass is 265 g/mol. The van der Waals surface area contributed by atoms with Gasteiger partial charge in [-0.2, -0.15) is 0 Å². The quantitative estimate of drug-likeness (QED) is 0.740. The minimum atomic E-state index is -0.327. The fourth-order valence-electron chi connectivity index (χ4n) is 1.89. The highest BCUT2D eigenvalue weighted by atomic mass is 16.5. The van der Waals surface area contributed by atoms with Crippen molar-refractivity contribution in [2.45, 2.75) is 32.9 Å². The van der Waals surface area contributed by atoms with Crippen molar-refractivity contribution in [2.75, 3.05) is 13.7 Å². The SMILES string of the molecule is COC(=O)c1ccc(CNCC(O)CC(C)C)cc1. The lowest BCUT2D eigenvalue weighted by molar-refractivity contribution is 0.0600. The smallest absolute Gasteiger partial charge is 0.337 e. The van der Waals surface area contributed by atoms with Crippen LogP contribution in [0.3, 0.4) is 0 Å². The Balaban J connectivity index is 2.36. The number of carbonyl (C=O) groups excluding carboxylic acids is 1. The Labute approximate surface area is 114 Å². The van der Waals surface area contributed by atoms with E-state index in [1.807, 2.05) is 12.1 Å². The lowest BCUT2D eigenvalue weighted by Gasteiger charge is -2.13. The molecular weight excluding hydrogens is 242 g/mol. The number of esters is 1. The number of carbonyl (C=O) groups is 1. The average molecular weight is 265 g/mol. The van der Waals surface area contributed by atoms with E-state index in [1.165, 1.54) is 7.11 Å². The first kappa shape index (κ1) is 15.7. The lowest BCUT2D eigenvalue weighted by atomic mass is 10.1. The van der Waals surface area contributed by atoms with Crippen LogP contribution in [0.1, 0.15) is 36.2 Å². The van der Waals surface area contributed by atoms with Crippen molar-refractivity contribution in [1.82, 2.24) is 5.32 Å². The molecule has 0 heterocycles. The molecule has 0 aliphatic heterocycles. The molecule has 4 nitrogen and oxygen atoms in total. The van der Waals surface area contributed by atoms with Gasteiger partial charge in [0.25, 0.3) is 0 Å². The maximum atomic E-state index is 11.3. The molecule has 1 unspecified atom stereocenters. The average Bonchev–Trinajstić information content (AvgIpc) is 2.37. The third-order valence-electron chi connectivity index (χ3n) is 2.83. The van der Waals surface area contributed by atoms with Gasteiger partial charge in [-0.15, -0.1) is 0 Å². The van der Waals surface area contributed by atoms with E-state index in [0.29, 0.717) is 24.6 Å². The topological polar surface area (TPSA) is 58.6 Å². The standard InChI is InChI=1S/C15H23NO3/c1-11(2)8-14(17)10-16-9-12-4-6-13(7-5-12)15(18)19-3/h4-7,11,14,16-17H,8-10H2,1-3H3. The molecule has 1 atom stereocenters. The highest BCUT2D eigenvalue weighted by Crippen LogP contribution is 2.06. The van der Waals surface area contributed by atoms with Crippen LogP contribution in [0.15, 0.2) is 24.3 Å². The summed E-state index contributed by atoms with van der Waals surface area (Å²) in [5, 5.41) is 12.9. The van der Waals surface area contributed by atoms with Gasteiger partial charge >= 0.3 is 5.97 Å². The second kappa shape index (κ2) is 7.92. The van der Waals surface area contributed by atoms with Crippen molar-refractivity contribution >= 4 is 5.97 Å². The Morgan fingerprint density at radius 3 is 2.47 bits per heavy atom. The van der Waals surface area contributed by atoms with E-state index >= 15 is 0 Å². The minimum Gasteiger partial charge on any atom is -0.465 e. The summed E-state index contributed by atoms with van der Waals surface area (Å²) < 4.78 is 4.64. The molecule has 19 heavy (non-hydrogen) atoms. The summed E-state index contributed by atoms with van der Waals surface area (Å²) in [5.41, 5.74) is 1.62. The van der Waals surface area contributed by atoms with Gasteiger partial charge in [0, 0.05) is 13.1 Å². The van der Waals surface area contributed by atoms with Crippen molar-refractivity contribution in [2.24, 2.45) is 5.92 Å². The van der Waals surface area contributed by atoms with E-state index in [9.17, 15) is 9.90 Å². The summed E-state index contributed by atoms with van der Waals surface area (Å²) in [7, 11) is 1.37. The van der Waals surface area contributed by atoms with Crippen LogP contribution in [0.2, 0.25) is 0 Å². The van der Waals surface area contributed by atoms with E-state index in [4.69, 9.17) is 0 Å². The van der Waals surface area contributed by atoms with Crippen LogP contribution in [0.4, 0.5) is 0 Å². The van der Waals surface area contributed by atoms with E-state index in [0.717, 1.165) is 12.0 Å². The zero-order valence-corrected chi connectivity index (χ0v) is 11.8. The van der Waals surface area contributed by atoms with Gasteiger partial charge in [0.2, 0.25) is 0 Å². The minimum absolute atomic E-state index is 0.311. The van der Waals surface area contributed by atoms with Gasteiger partial charge in [-0.25, -0.2) is 4.79 Å². The molecule has 0 aliphatic rings. The number of rotatable bonds is 7. The molecule has 1 rings (SSSR count). The van der Waals surface area contributed by atoms with Crippen molar-refractivity contribution in [3.63, 3.8) is 0 Å². The summed E-state index contributed by atoms with van der Waals surface area (Å²) in [6, 6.07) is 7.25. The number of hydrogen-bond donors (Lipinski definition) is 2. The van der Waals surface area contributed by atoms with Gasteiger partial charge in [-0.05, 0) is 30.0 Å². The molecule has 0 saturated carbocycles. The molecule has 0 fully saturated rings. The van der Waals surface area contributed by atoms with Crippen molar-refractivity contribution in [3.8, 4) is 0 Å². The van der Waals surface area contributed by atoms with E-state index < -0.39 is 0 Å². The first-order valence-electron chi connectivity index (χ1n) is 6.59. The second-order valence-electron chi connectivity index (χ2n) is 5.10. The van der Waals surface area contributed by atoms with Crippen LogP contribution in [0.25, 0.3) is 0 Å². The van der Waals surface area contributed by atoms with Crippen LogP contribution in [-0.4, -0.2) is 30.8 Å². The summed E-state index contributed by atoms with van der Waals surface area (Å²) in [6.45, 7) is 5.44. The number of benzene rings is 1. The molecule has 0 saturated heterocycles. The molecule has 0 aliphatic carbocycles. The van der Waals surface area contributed by atoms with Crippen molar-refractivity contribution < 1.29 is 14.6 Å². The van der Waals surface area contributed by atoms with Gasteiger partial charge in [0.15, 0.2) is 0 Å². The molecule has 1 aromatic rings. The van der Waals surface area contributed by atoms with E-state index in [2.05, 4.69) is 23.9 Å². The van der Waals surface area contributed by atoms with Gasteiger partial charge in [0.05, 0.1) is 18.8 Å². The second-order valence-corrected chi connectivity index (χ2v) is 5.10. The predicted octanol–water partition coefficient (Wildman–Crippen LogP) is 1.97. The number of aliphatic hydroxyl groups is 1. The largest absolute Gasteiger partial charge is 0.465 e.